The average Bonchev–Trinajstić information content (AvgIpc) is 2.84. The van der Waals surface area contributed by atoms with E-state index < -0.39 is 5.82 Å². The van der Waals surface area contributed by atoms with Crippen LogP contribution >= 0.6 is 0 Å². The summed E-state index contributed by atoms with van der Waals surface area (Å²) in [5.74, 6) is 0.770. The molecule has 0 aliphatic rings. The summed E-state index contributed by atoms with van der Waals surface area (Å²) in [6.45, 7) is 3.32. The van der Waals surface area contributed by atoms with Gasteiger partial charge < -0.3 is 16.0 Å². The highest BCUT2D eigenvalue weighted by Crippen LogP contribution is 2.23. The lowest BCUT2D eigenvalue weighted by molar-refractivity contribution is 0.0964. The number of anilines is 2. The smallest absolute Gasteiger partial charge is 0.251 e. The molecule has 4 aromatic rings. The summed E-state index contributed by atoms with van der Waals surface area (Å²) in [5, 5.41) is 9.49. The van der Waals surface area contributed by atoms with Crippen LogP contribution in [0.5, 0.6) is 0 Å². The highest BCUT2D eigenvalue weighted by Gasteiger charge is 2.13. The second-order valence-corrected chi connectivity index (χ2v) is 7.33. The van der Waals surface area contributed by atoms with E-state index in [0.29, 0.717) is 40.8 Å². The Balaban J connectivity index is 1.50. The lowest BCUT2D eigenvalue weighted by Crippen LogP contribution is -2.18. The van der Waals surface area contributed by atoms with E-state index in [1.165, 1.54) is 18.5 Å². The maximum atomic E-state index is 14.3. The van der Waals surface area contributed by atoms with Gasteiger partial charge in [-0.25, -0.2) is 19.3 Å². The normalized spacial score (nSPS) is 10.8. The van der Waals surface area contributed by atoms with Crippen LogP contribution in [0.1, 0.15) is 22.8 Å². The van der Waals surface area contributed by atoms with Gasteiger partial charge in [-0.15, -0.1) is 0 Å². The number of hydrogen-bond acceptors (Lipinski definition) is 7. The fourth-order valence-corrected chi connectivity index (χ4v) is 3.58. The van der Waals surface area contributed by atoms with E-state index >= 15 is 0 Å². The van der Waals surface area contributed by atoms with Gasteiger partial charge in [-0.05, 0) is 49.2 Å². The number of benzene rings is 1. The van der Waals surface area contributed by atoms with Gasteiger partial charge in [-0.3, -0.25) is 9.78 Å². The van der Waals surface area contributed by atoms with E-state index in [0.717, 1.165) is 23.6 Å². The molecule has 0 unspecified atom stereocenters. The van der Waals surface area contributed by atoms with Crippen LogP contribution in [0.15, 0.2) is 55.1 Å². The first-order valence-corrected chi connectivity index (χ1v) is 10.6. The standard InChI is InChI=1S/C24H24FN7O/c1-3-27-21-5-4-16(13-30-21)20-12-22(32-14-31-20)28-8-6-15-10-17(25)11-19-18(24(33)26-2)7-9-29-23(15)19/h4-5,7,9-14H,3,6,8H2,1-2H3,(H,26,33)(H,27,30)(H,28,31,32). The van der Waals surface area contributed by atoms with E-state index in [4.69, 9.17) is 0 Å². The SMILES string of the molecule is CCNc1ccc(-c2cc(NCCc3cc(F)cc4c(C(=O)NC)ccnc34)ncn2)cn1. The number of nitrogens with one attached hydrogen (secondary N) is 3. The molecule has 0 aliphatic heterocycles. The number of carbonyl (C=O) groups is 1. The summed E-state index contributed by atoms with van der Waals surface area (Å²) in [6, 6.07) is 10.1. The van der Waals surface area contributed by atoms with Crippen LogP contribution in [-0.4, -0.2) is 46.0 Å². The Morgan fingerprint density at radius 3 is 2.64 bits per heavy atom. The van der Waals surface area contributed by atoms with Crippen LogP contribution in [-0.2, 0) is 6.42 Å². The topological polar surface area (TPSA) is 105 Å². The molecule has 0 saturated carbocycles. The molecular formula is C24H24FN7O. The van der Waals surface area contributed by atoms with Crippen molar-refractivity contribution >= 4 is 28.4 Å². The third-order valence-electron chi connectivity index (χ3n) is 5.15. The van der Waals surface area contributed by atoms with Crippen LogP contribution in [0.3, 0.4) is 0 Å². The van der Waals surface area contributed by atoms with E-state index in [1.807, 2.05) is 25.1 Å². The largest absolute Gasteiger partial charge is 0.370 e. The predicted octanol–water partition coefficient (Wildman–Crippen LogP) is 3.67. The van der Waals surface area contributed by atoms with Crippen LogP contribution in [0.4, 0.5) is 16.0 Å². The molecular weight excluding hydrogens is 421 g/mol. The van der Waals surface area contributed by atoms with Crippen LogP contribution in [0, 0.1) is 5.82 Å². The molecule has 8 nitrogen and oxygen atoms in total. The van der Waals surface area contributed by atoms with Gasteiger partial charge in [0.25, 0.3) is 5.91 Å². The fourth-order valence-electron chi connectivity index (χ4n) is 3.58. The van der Waals surface area contributed by atoms with Crippen molar-refractivity contribution in [1.82, 2.24) is 25.3 Å². The molecule has 3 aromatic heterocycles. The van der Waals surface area contributed by atoms with Crippen molar-refractivity contribution in [3.8, 4) is 11.3 Å². The molecule has 0 atom stereocenters. The zero-order valence-corrected chi connectivity index (χ0v) is 18.4. The number of aromatic nitrogens is 4. The average molecular weight is 446 g/mol. The molecule has 0 aliphatic carbocycles. The zero-order valence-electron chi connectivity index (χ0n) is 18.4. The number of halogens is 1. The first-order chi connectivity index (χ1) is 16.1. The Morgan fingerprint density at radius 1 is 1.00 bits per heavy atom. The van der Waals surface area contributed by atoms with Gasteiger partial charge in [0.1, 0.15) is 23.8 Å². The van der Waals surface area contributed by atoms with E-state index in [1.54, 1.807) is 25.5 Å². The molecule has 0 bridgehead atoms. The van der Waals surface area contributed by atoms with Gasteiger partial charge in [-0.2, -0.15) is 0 Å². The van der Waals surface area contributed by atoms with Gasteiger partial charge in [0.2, 0.25) is 0 Å². The van der Waals surface area contributed by atoms with Gasteiger partial charge in [0, 0.05) is 49.5 Å². The Morgan fingerprint density at radius 2 is 1.88 bits per heavy atom. The van der Waals surface area contributed by atoms with Crippen LogP contribution in [0.25, 0.3) is 22.2 Å². The summed E-state index contributed by atoms with van der Waals surface area (Å²) in [4.78, 5) is 29.5. The number of carbonyl (C=O) groups excluding carboxylic acids is 1. The minimum absolute atomic E-state index is 0.279. The third kappa shape index (κ3) is 5.03. The highest BCUT2D eigenvalue weighted by atomic mass is 19.1. The molecule has 0 radical (unpaired) electrons. The minimum atomic E-state index is -0.409. The number of amides is 1. The predicted molar refractivity (Wildman–Crippen MR) is 127 cm³/mol. The number of fused-ring (bicyclic) bond motifs is 1. The maximum absolute atomic E-state index is 14.3. The number of nitrogens with zero attached hydrogens (tertiary/aromatic N) is 4. The van der Waals surface area contributed by atoms with Crippen LogP contribution < -0.4 is 16.0 Å². The molecule has 0 spiro atoms. The fraction of sp³-hybridized carbons (Fsp3) is 0.208. The number of rotatable bonds is 8. The van der Waals surface area contributed by atoms with Gasteiger partial charge in [0.05, 0.1) is 16.8 Å². The minimum Gasteiger partial charge on any atom is -0.370 e. The molecule has 168 valence electrons. The summed E-state index contributed by atoms with van der Waals surface area (Å²) in [6.07, 6.45) is 5.31. The molecule has 9 heteroatoms. The summed E-state index contributed by atoms with van der Waals surface area (Å²) in [7, 11) is 1.54. The van der Waals surface area contributed by atoms with E-state index in [-0.39, 0.29) is 5.91 Å². The molecule has 1 amide bonds. The molecule has 0 saturated heterocycles. The van der Waals surface area contributed by atoms with Gasteiger partial charge in [0.15, 0.2) is 0 Å². The van der Waals surface area contributed by atoms with Crippen molar-refractivity contribution in [3.05, 3.63) is 72.1 Å². The van der Waals surface area contributed by atoms with Crippen molar-refractivity contribution in [3.63, 3.8) is 0 Å². The maximum Gasteiger partial charge on any atom is 0.251 e. The highest BCUT2D eigenvalue weighted by molar-refractivity contribution is 6.06. The number of hydrogen-bond donors (Lipinski definition) is 3. The van der Waals surface area contributed by atoms with E-state index in [2.05, 4.69) is 35.9 Å². The van der Waals surface area contributed by atoms with Crippen molar-refractivity contribution in [2.24, 2.45) is 0 Å². The first kappa shape index (κ1) is 22.1. The third-order valence-corrected chi connectivity index (χ3v) is 5.15. The van der Waals surface area contributed by atoms with Crippen molar-refractivity contribution in [1.29, 1.82) is 0 Å². The molecule has 4 rings (SSSR count). The van der Waals surface area contributed by atoms with Crippen molar-refractivity contribution in [2.45, 2.75) is 13.3 Å². The molecule has 3 N–H and O–H groups in total. The summed E-state index contributed by atoms with van der Waals surface area (Å²) < 4.78 is 14.3. The molecule has 1 aromatic carbocycles. The number of pyridine rings is 2. The Kier molecular flexibility index (Phi) is 6.68. The van der Waals surface area contributed by atoms with Gasteiger partial charge in [-0.1, -0.05) is 0 Å². The monoisotopic (exact) mass is 445 g/mol. The molecule has 3 heterocycles. The quantitative estimate of drug-likeness (QED) is 0.380. The summed E-state index contributed by atoms with van der Waals surface area (Å²) in [5.41, 5.74) is 3.33. The lowest BCUT2D eigenvalue weighted by atomic mass is 10.0. The Hall–Kier alpha value is -4.14. The van der Waals surface area contributed by atoms with Crippen molar-refractivity contribution < 1.29 is 9.18 Å². The van der Waals surface area contributed by atoms with Gasteiger partial charge >= 0.3 is 0 Å². The molecule has 33 heavy (non-hydrogen) atoms. The second kappa shape index (κ2) is 9.99. The van der Waals surface area contributed by atoms with Crippen molar-refractivity contribution in [2.75, 3.05) is 30.8 Å². The Bertz CT molecular complexity index is 1280. The second-order valence-electron chi connectivity index (χ2n) is 7.33. The molecule has 0 fully saturated rings. The summed E-state index contributed by atoms with van der Waals surface area (Å²) >= 11 is 0. The van der Waals surface area contributed by atoms with Crippen LogP contribution in [0.2, 0.25) is 0 Å². The Labute approximate surface area is 190 Å². The first-order valence-electron chi connectivity index (χ1n) is 10.6. The zero-order chi connectivity index (χ0) is 23.2. The van der Waals surface area contributed by atoms with E-state index in [9.17, 15) is 9.18 Å². The lowest BCUT2D eigenvalue weighted by Gasteiger charge is -2.11.